The van der Waals surface area contributed by atoms with Crippen molar-refractivity contribution in [3.05, 3.63) is 35.0 Å². The van der Waals surface area contributed by atoms with Crippen molar-refractivity contribution in [1.29, 1.82) is 0 Å². The fourth-order valence-electron chi connectivity index (χ4n) is 2.41. The highest BCUT2D eigenvalue weighted by Gasteiger charge is 2.26. The second-order valence-electron chi connectivity index (χ2n) is 5.18. The molecule has 1 aliphatic rings. The third-order valence-electron chi connectivity index (χ3n) is 3.57. The lowest BCUT2D eigenvalue weighted by molar-refractivity contribution is -0.120. The van der Waals surface area contributed by atoms with E-state index in [-0.39, 0.29) is 25.1 Å². The number of hydrogen-bond donors (Lipinski definition) is 2. The van der Waals surface area contributed by atoms with Crippen LogP contribution < -0.4 is 15.4 Å². The molecule has 1 aromatic heterocycles. The smallest absolute Gasteiger partial charge is 0.387 e. The Kier molecular flexibility index (Phi) is 4.48. The normalized spacial score (nSPS) is 17.2. The molecule has 1 fully saturated rings. The lowest BCUT2D eigenvalue weighted by atomic mass is 10.1. The van der Waals surface area contributed by atoms with E-state index < -0.39 is 18.6 Å². The van der Waals surface area contributed by atoms with Crippen molar-refractivity contribution in [3.63, 3.8) is 0 Å². The van der Waals surface area contributed by atoms with Crippen LogP contribution in [0.1, 0.15) is 19.6 Å². The maximum absolute atomic E-state index is 12.3. The Morgan fingerprint density at radius 2 is 2.25 bits per heavy atom. The number of hydrogen-bond acceptors (Lipinski definition) is 4. The van der Waals surface area contributed by atoms with Crippen LogP contribution in [-0.4, -0.2) is 36.0 Å². The minimum Gasteiger partial charge on any atom is -0.433 e. The topological polar surface area (TPSA) is 80.3 Å². The van der Waals surface area contributed by atoms with Crippen molar-refractivity contribution in [2.45, 2.75) is 19.1 Å². The van der Waals surface area contributed by atoms with E-state index in [1.165, 1.54) is 24.4 Å². The SMILES string of the molecule is O=C(N[C@@H]1CCNC1=O)c1cnc2cc(OC(F)F)c(Cl)cc2c1.[HH].[HH]. The summed E-state index contributed by atoms with van der Waals surface area (Å²) in [5.74, 6) is -0.865. The van der Waals surface area contributed by atoms with E-state index in [0.717, 1.165) is 0 Å². The first-order valence-corrected chi connectivity index (χ1v) is 7.44. The fourth-order valence-corrected chi connectivity index (χ4v) is 2.63. The molecule has 130 valence electrons. The Bertz CT molecular complexity index is 826. The zero-order chi connectivity index (χ0) is 17.3. The average Bonchev–Trinajstić information content (AvgIpc) is 2.92. The van der Waals surface area contributed by atoms with E-state index in [9.17, 15) is 18.4 Å². The van der Waals surface area contributed by atoms with E-state index in [1.54, 1.807) is 0 Å². The van der Waals surface area contributed by atoms with Gasteiger partial charge in [-0.3, -0.25) is 14.6 Å². The molecular formula is C15H16ClF2N3O3. The van der Waals surface area contributed by atoms with E-state index in [2.05, 4.69) is 20.4 Å². The summed E-state index contributed by atoms with van der Waals surface area (Å²) in [4.78, 5) is 27.7. The summed E-state index contributed by atoms with van der Waals surface area (Å²) in [6.07, 6.45) is 1.82. The van der Waals surface area contributed by atoms with Gasteiger partial charge in [-0.15, -0.1) is 0 Å². The van der Waals surface area contributed by atoms with Gasteiger partial charge in [-0.05, 0) is 18.6 Å². The molecule has 0 aliphatic carbocycles. The summed E-state index contributed by atoms with van der Waals surface area (Å²) in [5, 5.41) is 5.71. The molecule has 1 atom stereocenters. The summed E-state index contributed by atoms with van der Waals surface area (Å²) in [6, 6.07) is 3.61. The molecule has 2 amide bonds. The van der Waals surface area contributed by atoms with Crippen LogP contribution in [0, 0.1) is 0 Å². The van der Waals surface area contributed by atoms with Crippen LogP contribution in [0.4, 0.5) is 8.78 Å². The quantitative estimate of drug-likeness (QED) is 0.879. The van der Waals surface area contributed by atoms with Gasteiger partial charge in [0.25, 0.3) is 5.91 Å². The largest absolute Gasteiger partial charge is 0.433 e. The number of fused-ring (bicyclic) bond motifs is 1. The number of carbonyl (C=O) groups is 2. The third-order valence-corrected chi connectivity index (χ3v) is 3.86. The standard InChI is InChI=1S/C15H12ClF2N3O3.2H2/c16-9-4-7-3-8(13(22)21-10-1-2-19-14(10)23)6-20-11(7)5-12(9)24-15(17)18;;/h3-6,10,15H,1-2H2,(H,19,23)(H,21,22);2*1H/t10-;;/m1../s1. The number of alkyl halides is 2. The van der Waals surface area contributed by atoms with Gasteiger partial charge in [-0.2, -0.15) is 8.78 Å². The van der Waals surface area contributed by atoms with Crippen molar-refractivity contribution in [2.24, 2.45) is 0 Å². The van der Waals surface area contributed by atoms with Gasteiger partial charge in [0.2, 0.25) is 5.91 Å². The van der Waals surface area contributed by atoms with Gasteiger partial charge in [0.05, 0.1) is 16.1 Å². The van der Waals surface area contributed by atoms with Gasteiger partial charge in [-0.25, -0.2) is 0 Å². The van der Waals surface area contributed by atoms with E-state index in [4.69, 9.17) is 11.6 Å². The van der Waals surface area contributed by atoms with Crippen molar-refractivity contribution < 1.29 is 26.0 Å². The van der Waals surface area contributed by atoms with Crippen LogP contribution in [0.3, 0.4) is 0 Å². The molecule has 0 unspecified atom stereocenters. The Labute approximate surface area is 143 Å². The van der Waals surface area contributed by atoms with Crippen molar-refractivity contribution in [2.75, 3.05) is 6.54 Å². The second kappa shape index (κ2) is 6.56. The number of rotatable bonds is 4. The Morgan fingerprint density at radius 1 is 1.46 bits per heavy atom. The average molecular weight is 360 g/mol. The number of amides is 2. The number of benzene rings is 1. The minimum absolute atomic E-state index is 0. The monoisotopic (exact) mass is 359 g/mol. The molecule has 2 heterocycles. The molecule has 2 N–H and O–H groups in total. The predicted octanol–water partition coefficient (Wildman–Crippen LogP) is 2.60. The van der Waals surface area contributed by atoms with E-state index in [1.807, 2.05) is 0 Å². The summed E-state index contributed by atoms with van der Waals surface area (Å²) in [6.45, 7) is -2.48. The Hall–Kier alpha value is -2.48. The fraction of sp³-hybridized carbons (Fsp3) is 0.267. The van der Waals surface area contributed by atoms with Gasteiger partial charge in [0.15, 0.2) is 0 Å². The highest BCUT2D eigenvalue weighted by Crippen LogP contribution is 2.30. The molecule has 9 heteroatoms. The zero-order valence-electron chi connectivity index (χ0n) is 12.2. The molecule has 1 aromatic carbocycles. The van der Waals surface area contributed by atoms with Crippen molar-refractivity contribution >= 4 is 34.3 Å². The molecular weight excluding hydrogens is 344 g/mol. The molecule has 0 radical (unpaired) electrons. The molecule has 0 bridgehead atoms. The Morgan fingerprint density at radius 3 is 2.92 bits per heavy atom. The van der Waals surface area contributed by atoms with Crippen LogP contribution in [0.15, 0.2) is 24.4 Å². The first kappa shape index (κ1) is 16.4. The number of ether oxygens (including phenoxy) is 1. The van der Waals surface area contributed by atoms with E-state index >= 15 is 0 Å². The van der Waals surface area contributed by atoms with Crippen LogP contribution in [0.5, 0.6) is 5.75 Å². The van der Waals surface area contributed by atoms with Gasteiger partial charge in [-0.1, -0.05) is 11.6 Å². The first-order chi connectivity index (χ1) is 11.4. The van der Waals surface area contributed by atoms with Gasteiger partial charge < -0.3 is 15.4 Å². The van der Waals surface area contributed by atoms with Crippen LogP contribution >= 0.6 is 11.6 Å². The molecule has 6 nitrogen and oxygen atoms in total. The van der Waals surface area contributed by atoms with Crippen molar-refractivity contribution in [1.82, 2.24) is 15.6 Å². The third kappa shape index (κ3) is 3.38. The molecule has 0 spiro atoms. The number of aromatic nitrogens is 1. The molecule has 3 rings (SSSR count). The van der Waals surface area contributed by atoms with Crippen molar-refractivity contribution in [3.8, 4) is 5.75 Å². The number of nitrogens with one attached hydrogen (secondary N) is 2. The summed E-state index contributed by atoms with van der Waals surface area (Å²) < 4.78 is 28.9. The Balaban J connectivity index is 0.00000169. The summed E-state index contributed by atoms with van der Waals surface area (Å²) in [7, 11) is 0. The minimum atomic E-state index is -3.00. The molecule has 0 saturated carbocycles. The first-order valence-electron chi connectivity index (χ1n) is 7.07. The number of halogens is 3. The van der Waals surface area contributed by atoms with Crippen LogP contribution in [0.25, 0.3) is 10.9 Å². The predicted molar refractivity (Wildman–Crippen MR) is 86.5 cm³/mol. The molecule has 2 aromatic rings. The molecule has 1 saturated heterocycles. The number of pyridine rings is 1. The lowest BCUT2D eigenvalue weighted by Gasteiger charge is -2.11. The van der Waals surface area contributed by atoms with E-state index in [0.29, 0.717) is 23.9 Å². The molecule has 1 aliphatic heterocycles. The maximum Gasteiger partial charge on any atom is 0.387 e. The lowest BCUT2D eigenvalue weighted by Crippen LogP contribution is -2.40. The number of carbonyl (C=O) groups excluding carboxylic acids is 2. The maximum atomic E-state index is 12.3. The van der Waals surface area contributed by atoms with Gasteiger partial charge >= 0.3 is 6.61 Å². The highest BCUT2D eigenvalue weighted by molar-refractivity contribution is 6.32. The molecule has 24 heavy (non-hydrogen) atoms. The second-order valence-corrected chi connectivity index (χ2v) is 5.59. The van der Waals surface area contributed by atoms with Crippen LogP contribution in [-0.2, 0) is 4.79 Å². The number of nitrogens with zero attached hydrogens (tertiary/aromatic N) is 1. The zero-order valence-corrected chi connectivity index (χ0v) is 12.9. The summed E-state index contributed by atoms with van der Waals surface area (Å²) >= 11 is 5.90. The van der Waals surface area contributed by atoms with Crippen LogP contribution in [0.2, 0.25) is 5.02 Å². The summed E-state index contributed by atoms with van der Waals surface area (Å²) in [5.41, 5.74) is 0.589. The van der Waals surface area contributed by atoms with Gasteiger partial charge in [0, 0.05) is 27.0 Å². The highest BCUT2D eigenvalue weighted by atomic mass is 35.5. The van der Waals surface area contributed by atoms with Gasteiger partial charge in [0.1, 0.15) is 11.8 Å².